The van der Waals surface area contributed by atoms with Gasteiger partial charge in [0.15, 0.2) is 0 Å². The molecule has 0 fully saturated rings. The van der Waals surface area contributed by atoms with Crippen LogP contribution in [0.3, 0.4) is 0 Å². The van der Waals surface area contributed by atoms with Gasteiger partial charge in [0, 0.05) is 46.6 Å². The second-order valence-electron chi connectivity index (χ2n) is 11.4. The van der Waals surface area contributed by atoms with Crippen LogP contribution in [0.1, 0.15) is 0 Å². The Balaban J connectivity index is 1.31. The zero-order chi connectivity index (χ0) is 29.5. The van der Waals surface area contributed by atoms with E-state index in [0.717, 1.165) is 37.9 Å². The molecule has 0 spiro atoms. The third kappa shape index (κ3) is 3.69. The molecule has 0 aliphatic carbocycles. The number of para-hydroxylation sites is 1. The molecule has 10 aromatic rings. The maximum absolute atomic E-state index is 5.43. The van der Waals surface area contributed by atoms with Crippen LogP contribution in [-0.4, -0.2) is 14.5 Å². The van der Waals surface area contributed by atoms with Gasteiger partial charge in [-0.15, -0.1) is 22.7 Å². The van der Waals surface area contributed by atoms with Gasteiger partial charge >= 0.3 is 0 Å². The van der Waals surface area contributed by atoms with Crippen LogP contribution in [0, 0.1) is 0 Å². The van der Waals surface area contributed by atoms with Crippen LogP contribution in [0.2, 0.25) is 0 Å². The van der Waals surface area contributed by atoms with Gasteiger partial charge in [-0.1, -0.05) is 109 Å². The molecule has 0 saturated carbocycles. The monoisotopic (exact) mass is 609 g/mol. The van der Waals surface area contributed by atoms with E-state index in [2.05, 4.69) is 144 Å². The molecule has 4 aromatic heterocycles. The molecule has 6 aromatic carbocycles. The summed E-state index contributed by atoms with van der Waals surface area (Å²) >= 11 is 3.64. The van der Waals surface area contributed by atoms with E-state index in [1.165, 1.54) is 46.8 Å². The number of rotatable bonds is 3. The van der Waals surface area contributed by atoms with Gasteiger partial charge in [-0.3, -0.25) is 4.57 Å². The molecule has 0 saturated heterocycles. The van der Waals surface area contributed by atoms with Gasteiger partial charge in [0.05, 0.1) is 26.9 Å². The van der Waals surface area contributed by atoms with Gasteiger partial charge in [0.25, 0.3) is 0 Å². The first kappa shape index (κ1) is 25.0. The molecule has 3 nitrogen and oxygen atoms in total. The molecule has 5 heteroatoms. The molecule has 10 rings (SSSR count). The number of hydrogen-bond donors (Lipinski definition) is 0. The molecule has 0 aliphatic heterocycles. The van der Waals surface area contributed by atoms with Crippen molar-refractivity contribution in [3.05, 3.63) is 140 Å². The SMILES string of the molecule is c1ccc(-c2cccc(-c3nc(-n4c5ccccc5c5c6sc7ccccc7c6ccc54)nc4c3sc3ccccc34)c2)cc1. The second-order valence-corrected chi connectivity index (χ2v) is 13.5. The first-order valence-corrected chi connectivity index (χ1v) is 16.6. The van der Waals surface area contributed by atoms with Gasteiger partial charge in [0.1, 0.15) is 0 Å². The van der Waals surface area contributed by atoms with Gasteiger partial charge in [0.2, 0.25) is 5.95 Å². The summed E-state index contributed by atoms with van der Waals surface area (Å²) in [5.74, 6) is 0.692. The van der Waals surface area contributed by atoms with Crippen molar-refractivity contribution < 1.29 is 0 Å². The maximum atomic E-state index is 5.43. The first-order valence-electron chi connectivity index (χ1n) is 15.0. The largest absolute Gasteiger partial charge is 0.278 e. The predicted molar refractivity (Wildman–Crippen MR) is 193 cm³/mol. The smallest absolute Gasteiger partial charge is 0.235 e. The zero-order valence-electron chi connectivity index (χ0n) is 23.9. The van der Waals surface area contributed by atoms with E-state index in [9.17, 15) is 0 Å². The summed E-state index contributed by atoms with van der Waals surface area (Å²) in [5.41, 5.74) is 7.64. The standard InChI is InChI=1S/C40H23N3S2/c1-2-11-24(12-3-1)25-13-10-14-26(23-25)36-39-37(30-17-6-9-20-34(30)45-39)42-40(41-36)43-31-18-7-4-16-29(31)35-32(43)22-21-28-27-15-5-8-19-33(27)44-38(28)35/h1-23H. The summed E-state index contributed by atoms with van der Waals surface area (Å²) in [7, 11) is 0. The average molecular weight is 610 g/mol. The Labute approximate surface area is 266 Å². The lowest BCUT2D eigenvalue weighted by molar-refractivity contribution is 1.02. The molecule has 0 bridgehead atoms. The molecule has 0 amide bonds. The third-order valence-electron chi connectivity index (χ3n) is 8.83. The molecular weight excluding hydrogens is 587 g/mol. The molecule has 0 unspecified atom stereocenters. The molecule has 0 atom stereocenters. The Bertz CT molecular complexity index is 2770. The van der Waals surface area contributed by atoms with Crippen LogP contribution >= 0.6 is 22.7 Å². The fraction of sp³-hybridized carbons (Fsp3) is 0. The van der Waals surface area contributed by atoms with Crippen molar-refractivity contribution in [3.63, 3.8) is 0 Å². The number of fused-ring (bicyclic) bond motifs is 10. The summed E-state index contributed by atoms with van der Waals surface area (Å²) in [6.45, 7) is 0. The highest BCUT2D eigenvalue weighted by molar-refractivity contribution is 7.27. The van der Waals surface area contributed by atoms with E-state index in [1.54, 1.807) is 11.3 Å². The van der Waals surface area contributed by atoms with Gasteiger partial charge in [-0.2, -0.15) is 0 Å². The van der Waals surface area contributed by atoms with Crippen molar-refractivity contribution in [1.82, 2.24) is 14.5 Å². The highest BCUT2D eigenvalue weighted by Crippen LogP contribution is 2.44. The summed E-state index contributed by atoms with van der Waals surface area (Å²) in [6, 6.07) is 49.8. The summed E-state index contributed by atoms with van der Waals surface area (Å²) < 4.78 is 7.21. The van der Waals surface area contributed by atoms with Crippen LogP contribution in [0.5, 0.6) is 0 Å². The number of nitrogens with zero attached hydrogens (tertiary/aromatic N) is 3. The van der Waals surface area contributed by atoms with Gasteiger partial charge in [-0.05, 0) is 41.5 Å². The van der Waals surface area contributed by atoms with Gasteiger partial charge in [-0.25, -0.2) is 9.97 Å². The lowest BCUT2D eigenvalue weighted by Crippen LogP contribution is -2.02. The normalized spacial score (nSPS) is 12.0. The zero-order valence-corrected chi connectivity index (χ0v) is 25.6. The number of benzene rings is 6. The average Bonchev–Trinajstić information content (AvgIpc) is 3.78. The van der Waals surface area contributed by atoms with Crippen LogP contribution in [0.25, 0.3) is 90.6 Å². The highest BCUT2D eigenvalue weighted by Gasteiger charge is 2.22. The number of aromatic nitrogens is 3. The molecule has 4 heterocycles. The van der Waals surface area contributed by atoms with E-state index in [0.29, 0.717) is 5.95 Å². The molecule has 210 valence electrons. The summed E-state index contributed by atoms with van der Waals surface area (Å²) in [6.07, 6.45) is 0. The molecule has 0 N–H and O–H groups in total. The molecular formula is C40H23N3S2. The van der Waals surface area contributed by atoms with E-state index >= 15 is 0 Å². The Kier molecular flexibility index (Phi) is 5.32. The Hall–Kier alpha value is -5.36. The van der Waals surface area contributed by atoms with Gasteiger partial charge < -0.3 is 0 Å². The van der Waals surface area contributed by atoms with Crippen molar-refractivity contribution in [2.75, 3.05) is 0 Å². The van der Waals surface area contributed by atoms with Crippen molar-refractivity contribution in [2.45, 2.75) is 0 Å². The van der Waals surface area contributed by atoms with Crippen molar-refractivity contribution >= 4 is 85.0 Å². The van der Waals surface area contributed by atoms with E-state index in [4.69, 9.17) is 9.97 Å². The number of hydrogen-bond acceptors (Lipinski definition) is 4. The van der Waals surface area contributed by atoms with Crippen molar-refractivity contribution in [1.29, 1.82) is 0 Å². The fourth-order valence-electron chi connectivity index (χ4n) is 6.80. The summed E-state index contributed by atoms with van der Waals surface area (Å²) in [5, 5.41) is 6.24. The van der Waals surface area contributed by atoms with Crippen molar-refractivity contribution in [3.8, 4) is 28.3 Å². The fourth-order valence-corrected chi connectivity index (χ4v) is 9.21. The Morgan fingerprint density at radius 3 is 1.98 bits per heavy atom. The van der Waals surface area contributed by atoms with E-state index < -0.39 is 0 Å². The Morgan fingerprint density at radius 1 is 0.444 bits per heavy atom. The highest BCUT2D eigenvalue weighted by atomic mass is 32.1. The van der Waals surface area contributed by atoms with E-state index in [1.807, 2.05) is 11.3 Å². The van der Waals surface area contributed by atoms with Crippen LogP contribution in [0.15, 0.2) is 140 Å². The quantitative estimate of drug-likeness (QED) is 0.199. The second kappa shape index (κ2) is 9.57. The Morgan fingerprint density at radius 2 is 1.11 bits per heavy atom. The minimum Gasteiger partial charge on any atom is -0.278 e. The summed E-state index contributed by atoms with van der Waals surface area (Å²) in [4.78, 5) is 10.8. The third-order valence-corrected chi connectivity index (χ3v) is 11.2. The predicted octanol–water partition coefficient (Wildman–Crippen LogP) is 11.6. The van der Waals surface area contributed by atoms with Crippen LogP contribution in [0.4, 0.5) is 0 Å². The van der Waals surface area contributed by atoms with Crippen LogP contribution < -0.4 is 0 Å². The molecule has 0 radical (unpaired) electrons. The molecule has 45 heavy (non-hydrogen) atoms. The lowest BCUT2D eigenvalue weighted by atomic mass is 10.0. The molecule has 0 aliphatic rings. The topological polar surface area (TPSA) is 30.7 Å². The maximum Gasteiger partial charge on any atom is 0.235 e. The van der Waals surface area contributed by atoms with Crippen molar-refractivity contribution in [2.24, 2.45) is 0 Å². The lowest BCUT2D eigenvalue weighted by Gasteiger charge is -2.11. The minimum absolute atomic E-state index is 0.692. The van der Waals surface area contributed by atoms with Crippen LogP contribution in [-0.2, 0) is 0 Å². The first-order chi connectivity index (χ1) is 22.3. The minimum atomic E-state index is 0.692. The van der Waals surface area contributed by atoms with E-state index in [-0.39, 0.29) is 0 Å². The number of thiophene rings is 2.